The first kappa shape index (κ1) is 15.6. The van der Waals surface area contributed by atoms with Crippen molar-refractivity contribution in [1.82, 2.24) is 14.3 Å². The van der Waals surface area contributed by atoms with Gasteiger partial charge in [-0.05, 0) is 12.8 Å². The van der Waals surface area contributed by atoms with Crippen molar-refractivity contribution < 1.29 is 13.2 Å². The quantitative estimate of drug-likeness (QED) is 0.803. The third kappa shape index (κ3) is 3.56. The number of anilines is 1. The van der Waals surface area contributed by atoms with Crippen molar-refractivity contribution in [2.24, 2.45) is 0 Å². The largest absolute Gasteiger partial charge is 0.378 e. The summed E-state index contributed by atoms with van der Waals surface area (Å²) in [5.74, 6) is 0.981. The fourth-order valence-corrected chi connectivity index (χ4v) is 3.91. The maximum absolute atomic E-state index is 11.7. The Morgan fingerprint density at radius 2 is 2.00 bits per heavy atom. The molecule has 22 heavy (non-hydrogen) atoms. The van der Waals surface area contributed by atoms with Gasteiger partial charge in [-0.3, -0.25) is 4.98 Å². The summed E-state index contributed by atoms with van der Waals surface area (Å²) in [6.07, 6.45) is 6.62. The van der Waals surface area contributed by atoms with Gasteiger partial charge in [-0.2, -0.15) is 0 Å². The summed E-state index contributed by atoms with van der Waals surface area (Å²) < 4.78 is 30.4. The lowest BCUT2D eigenvalue weighted by Gasteiger charge is -2.31. The van der Waals surface area contributed by atoms with Crippen LogP contribution in [-0.2, 0) is 14.8 Å². The fraction of sp³-hybridized carbons (Fsp3) is 0.714. The summed E-state index contributed by atoms with van der Waals surface area (Å²) in [6, 6.07) is 0. The molecule has 122 valence electrons. The fourth-order valence-electron chi connectivity index (χ4n) is 3.00. The molecule has 7 nitrogen and oxygen atoms in total. The van der Waals surface area contributed by atoms with E-state index in [9.17, 15) is 8.42 Å². The molecule has 0 N–H and O–H groups in total. The highest BCUT2D eigenvalue weighted by Gasteiger charge is 2.28. The Bertz CT molecular complexity index is 616. The number of ether oxygens (including phenoxy) is 1. The number of hydrogen-bond acceptors (Lipinski definition) is 6. The number of hydrogen-bond donors (Lipinski definition) is 0. The van der Waals surface area contributed by atoms with E-state index in [1.807, 2.05) is 0 Å². The van der Waals surface area contributed by atoms with E-state index in [0.29, 0.717) is 26.3 Å². The lowest BCUT2D eigenvalue weighted by atomic mass is 9.96. The maximum atomic E-state index is 11.7. The van der Waals surface area contributed by atoms with Crippen LogP contribution in [0.2, 0.25) is 0 Å². The van der Waals surface area contributed by atoms with Crippen LogP contribution in [0.1, 0.15) is 24.5 Å². The van der Waals surface area contributed by atoms with Crippen LogP contribution in [0.4, 0.5) is 5.82 Å². The van der Waals surface area contributed by atoms with Crippen LogP contribution in [-0.4, -0.2) is 68.3 Å². The van der Waals surface area contributed by atoms with Gasteiger partial charge < -0.3 is 9.64 Å². The number of rotatable bonds is 3. The van der Waals surface area contributed by atoms with Gasteiger partial charge in [0.2, 0.25) is 10.0 Å². The van der Waals surface area contributed by atoms with Crippen molar-refractivity contribution in [3.8, 4) is 0 Å². The zero-order valence-corrected chi connectivity index (χ0v) is 13.6. The topological polar surface area (TPSA) is 75.6 Å². The molecule has 0 aromatic carbocycles. The van der Waals surface area contributed by atoms with Crippen molar-refractivity contribution in [2.75, 3.05) is 50.5 Å². The number of morpholine rings is 1. The first-order valence-electron chi connectivity index (χ1n) is 7.64. The number of piperidine rings is 1. The van der Waals surface area contributed by atoms with Gasteiger partial charge in [0, 0.05) is 38.3 Å². The van der Waals surface area contributed by atoms with E-state index < -0.39 is 10.0 Å². The Morgan fingerprint density at radius 1 is 1.23 bits per heavy atom. The Balaban J connectivity index is 1.76. The standard InChI is InChI=1S/C14H22N4O3S/c1-22(19,20)18-4-2-3-12(11-18)13-9-15-10-14(16-13)17-5-7-21-8-6-17/h9-10,12H,2-8,11H2,1H3. The van der Waals surface area contributed by atoms with Crippen LogP contribution < -0.4 is 4.90 Å². The normalized spacial score (nSPS) is 24.4. The summed E-state index contributed by atoms with van der Waals surface area (Å²) in [7, 11) is -3.14. The minimum absolute atomic E-state index is 0.122. The van der Waals surface area contributed by atoms with E-state index in [4.69, 9.17) is 9.72 Å². The molecular formula is C14H22N4O3S. The Hall–Kier alpha value is -1.25. The molecule has 2 saturated heterocycles. The smallest absolute Gasteiger partial charge is 0.211 e. The molecule has 1 aromatic rings. The van der Waals surface area contributed by atoms with E-state index in [-0.39, 0.29) is 5.92 Å². The first-order valence-corrected chi connectivity index (χ1v) is 9.48. The predicted molar refractivity (Wildman–Crippen MR) is 83.5 cm³/mol. The van der Waals surface area contributed by atoms with Crippen molar-refractivity contribution in [3.05, 3.63) is 18.1 Å². The zero-order chi connectivity index (χ0) is 15.6. The van der Waals surface area contributed by atoms with Crippen LogP contribution in [0, 0.1) is 0 Å². The zero-order valence-electron chi connectivity index (χ0n) is 12.8. The first-order chi connectivity index (χ1) is 10.5. The minimum Gasteiger partial charge on any atom is -0.378 e. The Labute approximate surface area is 131 Å². The molecule has 0 saturated carbocycles. The van der Waals surface area contributed by atoms with Gasteiger partial charge in [-0.15, -0.1) is 0 Å². The molecule has 8 heteroatoms. The molecule has 0 amide bonds. The van der Waals surface area contributed by atoms with Gasteiger partial charge in [-0.25, -0.2) is 17.7 Å². The Morgan fingerprint density at radius 3 is 2.73 bits per heavy atom. The van der Waals surface area contributed by atoms with Gasteiger partial charge in [0.15, 0.2) is 0 Å². The molecule has 1 atom stereocenters. The Kier molecular flexibility index (Phi) is 4.60. The molecule has 1 unspecified atom stereocenters. The highest BCUT2D eigenvalue weighted by atomic mass is 32.2. The molecule has 0 aliphatic carbocycles. The molecular weight excluding hydrogens is 304 g/mol. The third-order valence-electron chi connectivity index (χ3n) is 4.25. The molecule has 0 radical (unpaired) electrons. The van der Waals surface area contributed by atoms with Crippen molar-refractivity contribution in [1.29, 1.82) is 0 Å². The van der Waals surface area contributed by atoms with E-state index in [0.717, 1.165) is 37.4 Å². The van der Waals surface area contributed by atoms with Crippen LogP contribution in [0.5, 0.6) is 0 Å². The monoisotopic (exact) mass is 326 g/mol. The number of aromatic nitrogens is 2. The minimum atomic E-state index is -3.14. The molecule has 2 aliphatic heterocycles. The highest BCUT2D eigenvalue weighted by molar-refractivity contribution is 7.88. The van der Waals surface area contributed by atoms with Crippen LogP contribution in [0.25, 0.3) is 0 Å². The van der Waals surface area contributed by atoms with Crippen molar-refractivity contribution in [3.63, 3.8) is 0 Å². The predicted octanol–water partition coefficient (Wildman–Crippen LogP) is 0.452. The molecule has 3 rings (SSSR count). The molecule has 0 bridgehead atoms. The summed E-state index contributed by atoms with van der Waals surface area (Å²) in [4.78, 5) is 11.2. The van der Waals surface area contributed by atoms with E-state index >= 15 is 0 Å². The second kappa shape index (κ2) is 6.47. The van der Waals surface area contributed by atoms with Crippen molar-refractivity contribution in [2.45, 2.75) is 18.8 Å². The van der Waals surface area contributed by atoms with Crippen LogP contribution >= 0.6 is 0 Å². The van der Waals surface area contributed by atoms with Gasteiger partial charge in [0.1, 0.15) is 5.82 Å². The molecule has 0 spiro atoms. The van der Waals surface area contributed by atoms with Crippen LogP contribution in [0.15, 0.2) is 12.4 Å². The van der Waals surface area contributed by atoms with Gasteiger partial charge in [0.05, 0.1) is 31.4 Å². The second-order valence-corrected chi connectivity index (χ2v) is 7.84. The molecule has 1 aromatic heterocycles. The van der Waals surface area contributed by atoms with Gasteiger partial charge in [-0.1, -0.05) is 0 Å². The molecule has 3 heterocycles. The average Bonchev–Trinajstić information content (AvgIpc) is 2.55. The summed E-state index contributed by atoms with van der Waals surface area (Å²) in [5.41, 5.74) is 0.886. The summed E-state index contributed by atoms with van der Waals surface area (Å²) in [5, 5.41) is 0. The highest BCUT2D eigenvalue weighted by Crippen LogP contribution is 2.27. The van der Waals surface area contributed by atoms with Gasteiger partial charge >= 0.3 is 0 Å². The third-order valence-corrected chi connectivity index (χ3v) is 5.52. The average molecular weight is 326 g/mol. The lowest BCUT2D eigenvalue weighted by molar-refractivity contribution is 0.122. The van der Waals surface area contributed by atoms with Crippen LogP contribution in [0.3, 0.4) is 0 Å². The lowest BCUT2D eigenvalue weighted by Crippen LogP contribution is -2.39. The summed E-state index contributed by atoms with van der Waals surface area (Å²) in [6.45, 7) is 4.15. The molecule has 2 fully saturated rings. The van der Waals surface area contributed by atoms with Gasteiger partial charge in [0.25, 0.3) is 0 Å². The molecule has 2 aliphatic rings. The van der Waals surface area contributed by atoms with E-state index in [1.54, 1.807) is 16.7 Å². The van der Waals surface area contributed by atoms with E-state index in [2.05, 4.69) is 9.88 Å². The summed E-state index contributed by atoms with van der Waals surface area (Å²) >= 11 is 0. The maximum Gasteiger partial charge on any atom is 0.211 e. The van der Waals surface area contributed by atoms with Crippen molar-refractivity contribution >= 4 is 15.8 Å². The second-order valence-electron chi connectivity index (χ2n) is 5.86. The number of nitrogens with zero attached hydrogens (tertiary/aromatic N) is 4. The van der Waals surface area contributed by atoms with E-state index in [1.165, 1.54) is 6.26 Å². The number of sulfonamides is 1. The SMILES string of the molecule is CS(=O)(=O)N1CCCC(c2cncc(N3CCOCC3)n2)C1.